The van der Waals surface area contributed by atoms with Gasteiger partial charge >= 0.3 is 6.09 Å². The predicted octanol–water partition coefficient (Wildman–Crippen LogP) is 2.73. The Hall–Kier alpha value is -2.64. The van der Waals surface area contributed by atoms with Crippen LogP contribution in [-0.2, 0) is 20.7 Å². The Morgan fingerprint density at radius 1 is 1.00 bits per heavy atom. The lowest BCUT2D eigenvalue weighted by Gasteiger charge is -2.23. The van der Waals surface area contributed by atoms with Gasteiger partial charge in [0.05, 0.1) is 0 Å². The van der Waals surface area contributed by atoms with E-state index in [1.807, 2.05) is 0 Å². The highest BCUT2D eigenvalue weighted by molar-refractivity contribution is 5.78. The number of amides is 3. The van der Waals surface area contributed by atoms with Gasteiger partial charge in [-0.25, -0.2) is 9.18 Å². The van der Waals surface area contributed by atoms with Gasteiger partial charge in [-0.1, -0.05) is 18.2 Å². The number of hydrogen-bond donors (Lipinski definition) is 1. The molecule has 0 atom stereocenters. The number of halogens is 1. The zero-order chi connectivity index (χ0) is 22.1. The van der Waals surface area contributed by atoms with Crippen LogP contribution in [-0.4, -0.2) is 66.0 Å². The SMILES string of the molecule is CC(C)(C)OC(=O)NCCC(=O)N1CCCN(C(=O)CCc2ccccc2F)CC1. The van der Waals surface area contributed by atoms with Gasteiger partial charge in [-0.2, -0.15) is 0 Å². The summed E-state index contributed by atoms with van der Waals surface area (Å²) in [6, 6.07) is 6.48. The topological polar surface area (TPSA) is 79.0 Å². The van der Waals surface area contributed by atoms with E-state index in [9.17, 15) is 18.8 Å². The van der Waals surface area contributed by atoms with Crippen LogP contribution in [0.25, 0.3) is 0 Å². The number of carbonyl (C=O) groups excluding carboxylic acids is 3. The average molecular weight is 422 g/mol. The Morgan fingerprint density at radius 2 is 1.60 bits per heavy atom. The molecule has 1 fully saturated rings. The highest BCUT2D eigenvalue weighted by Gasteiger charge is 2.22. The molecule has 8 heteroatoms. The first-order valence-corrected chi connectivity index (χ1v) is 10.4. The first kappa shape index (κ1) is 23.6. The maximum Gasteiger partial charge on any atom is 0.407 e. The number of nitrogens with one attached hydrogen (secondary N) is 1. The van der Waals surface area contributed by atoms with Crippen LogP contribution in [0.5, 0.6) is 0 Å². The highest BCUT2D eigenvalue weighted by Crippen LogP contribution is 2.12. The first-order valence-electron chi connectivity index (χ1n) is 10.4. The van der Waals surface area contributed by atoms with E-state index in [0.29, 0.717) is 44.6 Å². The molecule has 0 saturated carbocycles. The molecule has 1 aliphatic heterocycles. The summed E-state index contributed by atoms with van der Waals surface area (Å²) in [6.45, 7) is 7.60. The van der Waals surface area contributed by atoms with Crippen LogP contribution >= 0.6 is 0 Å². The molecule has 0 spiro atoms. The Kier molecular flexibility index (Phi) is 8.62. The van der Waals surface area contributed by atoms with Crippen molar-refractivity contribution in [3.8, 4) is 0 Å². The van der Waals surface area contributed by atoms with Crippen LogP contribution in [0.1, 0.15) is 45.6 Å². The van der Waals surface area contributed by atoms with Crippen molar-refractivity contribution >= 4 is 17.9 Å². The van der Waals surface area contributed by atoms with Gasteiger partial charge in [-0.3, -0.25) is 9.59 Å². The molecule has 30 heavy (non-hydrogen) atoms. The number of ether oxygens (including phenoxy) is 1. The van der Waals surface area contributed by atoms with Gasteiger partial charge in [0.25, 0.3) is 0 Å². The van der Waals surface area contributed by atoms with Crippen LogP contribution in [0.3, 0.4) is 0 Å². The van der Waals surface area contributed by atoms with Crippen LogP contribution < -0.4 is 5.32 Å². The van der Waals surface area contributed by atoms with Crippen LogP contribution in [0.2, 0.25) is 0 Å². The molecule has 1 N–H and O–H groups in total. The average Bonchev–Trinajstić information content (AvgIpc) is 2.92. The smallest absolute Gasteiger partial charge is 0.407 e. The minimum atomic E-state index is -0.582. The Morgan fingerprint density at radius 3 is 2.20 bits per heavy atom. The van der Waals surface area contributed by atoms with Gasteiger partial charge < -0.3 is 19.9 Å². The normalized spacial score (nSPS) is 14.8. The van der Waals surface area contributed by atoms with Crippen molar-refractivity contribution in [2.24, 2.45) is 0 Å². The Balaban J connectivity index is 1.73. The van der Waals surface area contributed by atoms with E-state index in [4.69, 9.17) is 4.74 Å². The standard InChI is InChI=1S/C22H32FN3O4/c1-22(2,3)30-21(29)24-12-11-20(28)26-14-6-13-25(15-16-26)19(27)10-9-17-7-4-5-8-18(17)23/h4-5,7-8H,6,9-16H2,1-3H3,(H,24,29). The van der Waals surface area contributed by atoms with Crippen molar-refractivity contribution in [1.82, 2.24) is 15.1 Å². The molecule has 0 aromatic heterocycles. The molecular weight excluding hydrogens is 389 g/mol. The Labute approximate surface area is 177 Å². The molecule has 1 aliphatic rings. The Bertz CT molecular complexity index is 748. The fourth-order valence-corrected chi connectivity index (χ4v) is 3.26. The molecule has 0 radical (unpaired) electrons. The van der Waals surface area contributed by atoms with Crippen LogP contribution in [0, 0.1) is 5.82 Å². The third-order valence-corrected chi connectivity index (χ3v) is 4.77. The van der Waals surface area contributed by atoms with Crippen molar-refractivity contribution in [3.05, 3.63) is 35.6 Å². The third kappa shape index (κ3) is 8.00. The minimum Gasteiger partial charge on any atom is -0.444 e. The highest BCUT2D eigenvalue weighted by atomic mass is 19.1. The molecular formula is C22H32FN3O4. The molecule has 1 heterocycles. The number of benzene rings is 1. The number of alkyl carbamates (subject to hydrolysis) is 1. The molecule has 7 nitrogen and oxygen atoms in total. The van der Waals surface area contributed by atoms with E-state index in [0.717, 1.165) is 0 Å². The lowest BCUT2D eigenvalue weighted by Crippen LogP contribution is -2.39. The van der Waals surface area contributed by atoms with Gasteiger partial charge in [0.15, 0.2) is 0 Å². The van der Waals surface area contributed by atoms with Gasteiger partial charge in [-0.15, -0.1) is 0 Å². The molecule has 0 aliphatic carbocycles. The van der Waals surface area contributed by atoms with Crippen molar-refractivity contribution in [3.63, 3.8) is 0 Å². The number of hydrogen-bond acceptors (Lipinski definition) is 4. The van der Waals surface area contributed by atoms with Gasteiger partial charge in [0.2, 0.25) is 11.8 Å². The number of aryl methyl sites for hydroxylation is 1. The predicted molar refractivity (Wildman–Crippen MR) is 111 cm³/mol. The number of nitrogens with zero attached hydrogens (tertiary/aromatic N) is 2. The number of rotatable bonds is 6. The third-order valence-electron chi connectivity index (χ3n) is 4.77. The molecule has 0 bridgehead atoms. The molecule has 1 aromatic carbocycles. The second kappa shape index (κ2) is 10.9. The fourth-order valence-electron chi connectivity index (χ4n) is 3.26. The monoisotopic (exact) mass is 421 g/mol. The molecule has 166 valence electrons. The molecule has 1 aromatic rings. The minimum absolute atomic E-state index is 0.0286. The summed E-state index contributed by atoms with van der Waals surface area (Å²) in [5, 5.41) is 2.58. The second-order valence-corrected chi connectivity index (χ2v) is 8.39. The van der Waals surface area contributed by atoms with Gasteiger partial charge in [0, 0.05) is 45.6 Å². The molecule has 3 amide bonds. The zero-order valence-electron chi connectivity index (χ0n) is 18.1. The van der Waals surface area contributed by atoms with Crippen molar-refractivity contribution in [2.45, 2.75) is 52.1 Å². The summed E-state index contributed by atoms with van der Waals surface area (Å²) in [7, 11) is 0. The summed E-state index contributed by atoms with van der Waals surface area (Å²) < 4.78 is 18.9. The van der Waals surface area contributed by atoms with Crippen molar-refractivity contribution in [1.29, 1.82) is 0 Å². The van der Waals surface area contributed by atoms with E-state index in [2.05, 4.69) is 5.32 Å². The molecule has 1 saturated heterocycles. The van der Waals surface area contributed by atoms with E-state index in [1.165, 1.54) is 6.07 Å². The maximum absolute atomic E-state index is 13.7. The summed E-state index contributed by atoms with van der Waals surface area (Å²) in [5.41, 5.74) is -0.0452. The summed E-state index contributed by atoms with van der Waals surface area (Å²) in [5.74, 6) is -0.385. The van der Waals surface area contributed by atoms with E-state index in [1.54, 1.807) is 48.8 Å². The van der Waals surface area contributed by atoms with E-state index < -0.39 is 11.7 Å². The largest absolute Gasteiger partial charge is 0.444 e. The second-order valence-electron chi connectivity index (χ2n) is 8.39. The number of carbonyl (C=O) groups is 3. The van der Waals surface area contributed by atoms with E-state index >= 15 is 0 Å². The quantitative estimate of drug-likeness (QED) is 0.766. The lowest BCUT2D eigenvalue weighted by atomic mass is 10.1. The fraction of sp³-hybridized carbons (Fsp3) is 0.591. The maximum atomic E-state index is 13.7. The molecule has 2 rings (SSSR count). The lowest BCUT2D eigenvalue weighted by molar-refractivity contribution is -0.133. The van der Waals surface area contributed by atoms with Crippen LogP contribution in [0.4, 0.5) is 9.18 Å². The van der Waals surface area contributed by atoms with Gasteiger partial charge in [0.1, 0.15) is 11.4 Å². The first-order chi connectivity index (χ1) is 14.2. The molecule has 0 unspecified atom stereocenters. The van der Waals surface area contributed by atoms with Crippen LogP contribution in [0.15, 0.2) is 24.3 Å². The summed E-state index contributed by atoms with van der Waals surface area (Å²) in [4.78, 5) is 40.1. The van der Waals surface area contributed by atoms with Gasteiger partial charge in [-0.05, 0) is 45.2 Å². The summed E-state index contributed by atoms with van der Waals surface area (Å²) >= 11 is 0. The van der Waals surface area contributed by atoms with E-state index in [-0.39, 0.29) is 37.0 Å². The van der Waals surface area contributed by atoms with Crippen molar-refractivity contribution in [2.75, 3.05) is 32.7 Å². The van der Waals surface area contributed by atoms with Crippen molar-refractivity contribution < 1.29 is 23.5 Å². The summed E-state index contributed by atoms with van der Waals surface area (Å²) in [6.07, 6.45) is 0.935. The zero-order valence-corrected chi connectivity index (χ0v) is 18.1.